The molecule has 2 aromatic rings. The van der Waals surface area contributed by atoms with Gasteiger partial charge < -0.3 is 10.2 Å². The number of carbonyl (C=O) groups is 1. The van der Waals surface area contributed by atoms with Crippen molar-refractivity contribution in [2.45, 2.75) is 64.3 Å². The van der Waals surface area contributed by atoms with Crippen LogP contribution in [0.25, 0.3) is 0 Å². The molecule has 1 N–H and O–H groups in total. The molecule has 7 heteroatoms. The van der Waals surface area contributed by atoms with Crippen LogP contribution in [0.2, 0.25) is 0 Å². The molecule has 0 bridgehead atoms. The zero-order chi connectivity index (χ0) is 25.9. The van der Waals surface area contributed by atoms with Crippen molar-refractivity contribution in [2.75, 3.05) is 32.2 Å². The van der Waals surface area contributed by atoms with Gasteiger partial charge in [0.05, 0.1) is 34.8 Å². The number of pyridine rings is 1. The number of rotatable bonds is 3. The van der Waals surface area contributed by atoms with Crippen molar-refractivity contribution in [2.24, 2.45) is 16.9 Å². The van der Waals surface area contributed by atoms with E-state index in [1.807, 2.05) is 44.1 Å². The van der Waals surface area contributed by atoms with Gasteiger partial charge in [-0.2, -0.15) is 10.4 Å². The van der Waals surface area contributed by atoms with Gasteiger partial charge in [0.15, 0.2) is 0 Å². The Kier molecular flexibility index (Phi) is 7.57. The molecule has 0 radical (unpaired) electrons. The maximum absolute atomic E-state index is 12.9. The summed E-state index contributed by atoms with van der Waals surface area (Å²) >= 11 is 0. The van der Waals surface area contributed by atoms with Gasteiger partial charge in [0.25, 0.3) is 5.91 Å². The van der Waals surface area contributed by atoms with Crippen LogP contribution in [0.1, 0.15) is 77.8 Å². The second-order valence-corrected chi connectivity index (χ2v) is 10.8. The fourth-order valence-corrected chi connectivity index (χ4v) is 6.54. The molecular weight excluding hydrogens is 460 g/mol. The molecule has 4 aliphatic rings. The first-order chi connectivity index (χ1) is 18.0. The first-order valence-electron chi connectivity index (χ1n) is 13.8. The summed E-state index contributed by atoms with van der Waals surface area (Å²) in [5.41, 5.74) is 6.62. The van der Waals surface area contributed by atoms with Crippen molar-refractivity contribution in [3.05, 3.63) is 58.4 Å². The first-order valence-corrected chi connectivity index (χ1v) is 13.8. The molecule has 37 heavy (non-hydrogen) atoms. The van der Waals surface area contributed by atoms with Gasteiger partial charge in [0.2, 0.25) is 0 Å². The highest BCUT2D eigenvalue weighted by atomic mass is 16.2. The molecule has 1 aromatic heterocycles. The lowest BCUT2D eigenvalue weighted by Gasteiger charge is -2.34. The van der Waals surface area contributed by atoms with E-state index in [9.17, 15) is 10.1 Å². The van der Waals surface area contributed by atoms with Gasteiger partial charge >= 0.3 is 0 Å². The SMILES string of the molecule is CNC.Cc1cc(N2N=C3c4ccc(C(=O)N5CCCC5)nc4CCC3C2C2CCCC2)ccc1C#N. The number of benzene rings is 1. The third-order valence-corrected chi connectivity index (χ3v) is 8.29. The Morgan fingerprint density at radius 3 is 2.46 bits per heavy atom. The van der Waals surface area contributed by atoms with Crippen molar-refractivity contribution in [3.63, 3.8) is 0 Å². The van der Waals surface area contributed by atoms with Crippen LogP contribution in [0.5, 0.6) is 0 Å². The smallest absolute Gasteiger partial charge is 0.272 e. The van der Waals surface area contributed by atoms with Gasteiger partial charge in [0, 0.05) is 24.6 Å². The number of nitrogens with one attached hydrogen (secondary N) is 1. The minimum atomic E-state index is 0.0642. The van der Waals surface area contributed by atoms with Gasteiger partial charge in [0.1, 0.15) is 5.69 Å². The van der Waals surface area contributed by atoms with Crippen molar-refractivity contribution in [3.8, 4) is 6.07 Å². The number of aromatic nitrogens is 1. The summed E-state index contributed by atoms with van der Waals surface area (Å²) in [6, 6.07) is 12.7. The van der Waals surface area contributed by atoms with E-state index in [1.54, 1.807) is 0 Å². The van der Waals surface area contributed by atoms with E-state index < -0.39 is 0 Å². The van der Waals surface area contributed by atoms with Crippen LogP contribution in [0.15, 0.2) is 35.4 Å². The number of fused-ring (bicyclic) bond motifs is 3. The van der Waals surface area contributed by atoms with Crippen molar-refractivity contribution in [1.82, 2.24) is 15.2 Å². The lowest BCUT2D eigenvalue weighted by molar-refractivity contribution is 0.0786. The average Bonchev–Trinajstić information content (AvgIpc) is 3.69. The quantitative estimate of drug-likeness (QED) is 0.664. The van der Waals surface area contributed by atoms with Gasteiger partial charge in [-0.25, -0.2) is 4.98 Å². The third-order valence-electron chi connectivity index (χ3n) is 8.29. The normalized spacial score (nSPS) is 22.6. The zero-order valence-corrected chi connectivity index (χ0v) is 22.3. The molecule has 1 saturated carbocycles. The summed E-state index contributed by atoms with van der Waals surface area (Å²) in [5.74, 6) is 1.08. The molecule has 1 saturated heterocycles. The number of amides is 1. The number of hydrogen-bond acceptors (Lipinski definition) is 6. The fourth-order valence-electron chi connectivity index (χ4n) is 6.54. The van der Waals surface area contributed by atoms with Gasteiger partial charge in [-0.3, -0.25) is 9.80 Å². The molecule has 2 aliphatic carbocycles. The summed E-state index contributed by atoms with van der Waals surface area (Å²) in [6.45, 7) is 3.68. The first kappa shape index (κ1) is 25.4. The standard InChI is InChI=1S/C28H31N5O.C2H7N/c1-18-16-21(9-8-20(18)17-29)33-27(19-6-2-3-7-19)23-11-12-24-22(26(23)31-33)10-13-25(30-24)28(34)32-14-4-5-15-32;1-3-2/h8-10,13,16,19,23,27H,2-7,11-12,14-15H2,1H3;3H,1-2H3. The highest BCUT2D eigenvalue weighted by molar-refractivity contribution is 6.07. The number of nitrogens with zero attached hydrogens (tertiary/aromatic N) is 5. The molecular formula is C30H38N6O. The Hall–Kier alpha value is -3.24. The largest absolute Gasteiger partial charge is 0.337 e. The molecule has 194 valence electrons. The Morgan fingerprint density at radius 2 is 1.78 bits per heavy atom. The highest BCUT2D eigenvalue weighted by Crippen LogP contribution is 2.44. The molecule has 1 amide bonds. The maximum Gasteiger partial charge on any atom is 0.272 e. The van der Waals surface area contributed by atoms with E-state index in [0.29, 0.717) is 23.6 Å². The number of carbonyl (C=O) groups excluding carboxylic acids is 1. The summed E-state index contributed by atoms with van der Waals surface area (Å²) in [4.78, 5) is 19.7. The van der Waals surface area contributed by atoms with Crippen LogP contribution in [-0.2, 0) is 6.42 Å². The zero-order valence-electron chi connectivity index (χ0n) is 22.3. The van der Waals surface area contributed by atoms with Gasteiger partial charge in [-0.1, -0.05) is 12.8 Å². The molecule has 2 unspecified atom stereocenters. The second kappa shape index (κ2) is 11.0. The molecule has 2 aliphatic heterocycles. The van der Waals surface area contributed by atoms with E-state index in [2.05, 4.69) is 28.5 Å². The molecule has 7 nitrogen and oxygen atoms in total. The summed E-state index contributed by atoms with van der Waals surface area (Å²) in [7, 11) is 3.75. The predicted molar refractivity (Wildman–Crippen MR) is 147 cm³/mol. The molecule has 0 spiro atoms. The Balaban J connectivity index is 0.000000892. The predicted octanol–water partition coefficient (Wildman–Crippen LogP) is 4.68. The summed E-state index contributed by atoms with van der Waals surface area (Å²) < 4.78 is 0. The number of nitriles is 1. The lowest BCUT2D eigenvalue weighted by atomic mass is 9.76. The molecule has 6 rings (SSSR count). The van der Waals surface area contributed by atoms with Crippen LogP contribution in [-0.4, -0.2) is 54.7 Å². The second-order valence-electron chi connectivity index (χ2n) is 10.8. The molecule has 2 fully saturated rings. The number of anilines is 1. The van der Waals surface area contributed by atoms with Crippen LogP contribution in [0.4, 0.5) is 5.69 Å². The summed E-state index contributed by atoms with van der Waals surface area (Å²) in [5, 5.41) is 19.6. The number of likely N-dealkylation sites (tertiary alicyclic amines) is 1. The molecule has 1 aromatic carbocycles. The van der Waals surface area contributed by atoms with E-state index in [0.717, 1.165) is 72.6 Å². The van der Waals surface area contributed by atoms with E-state index in [4.69, 9.17) is 10.1 Å². The van der Waals surface area contributed by atoms with E-state index >= 15 is 0 Å². The van der Waals surface area contributed by atoms with E-state index in [-0.39, 0.29) is 5.91 Å². The Morgan fingerprint density at radius 1 is 1.05 bits per heavy atom. The van der Waals surface area contributed by atoms with Crippen molar-refractivity contribution >= 4 is 17.3 Å². The third kappa shape index (κ3) is 4.87. The maximum atomic E-state index is 12.9. The highest BCUT2D eigenvalue weighted by Gasteiger charge is 2.46. The monoisotopic (exact) mass is 498 g/mol. The topological polar surface area (TPSA) is 84.6 Å². The van der Waals surface area contributed by atoms with Crippen LogP contribution in [0.3, 0.4) is 0 Å². The summed E-state index contributed by atoms with van der Waals surface area (Å²) in [6.07, 6.45) is 9.18. The average molecular weight is 499 g/mol. The van der Waals surface area contributed by atoms with Gasteiger partial charge in [-0.15, -0.1) is 0 Å². The molecule has 3 heterocycles. The number of hydrogen-bond donors (Lipinski definition) is 1. The van der Waals surface area contributed by atoms with Crippen molar-refractivity contribution < 1.29 is 4.79 Å². The number of hydrazone groups is 1. The van der Waals surface area contributed by atoms with Gasteiger partial charge in [-0.05, 0) is 101 Å². The Labute approximate surface area is 220 Å². The van der Waals surface area contributed by atoms with Crippen LogP contribution >= 0.6 is 0 Å². The van der Waals surface area contributed by atoms with Crippen molar-refractivity contribution in [1.29, 1.82) is 5.26 Å². The lowest BCUT2D eigenvalue weighted by Crippen LogP contribution is -2.41. The van der Waals surface area contributed by atoms with Crippen LogP contribution in [0, 0.1) is 30.1 Å². The van der Waals surface area contributed by atoms with Crippen LogP contribution < -0.4 is 10.3 Å². The minimum Gasteiger partial charge on any atom is -0.337 e. The minimum absolute atomic E-state index is 0.0642. The van der Waals surface area contributed by atoms with E-state index in [1.165, 1.54) is 25.7 Å². The fraction of sp³-hybridized carbons (Fsp3) is 0.533. The number of aryl methyl sites for hydroxylation is 2. The Bertz CT molecular complexity index is 1220. The molecule has 2 atom stereocenters.